The molecule has 0 saturated carbocycles. The Labute approximate surface area is 178 Å². The van der Waals surface area contributed by atoms with Crippen LogP contribution in [0, 0.1) is 5.82 Å². The third kappa shape index (κ3) is 4.08. The quantitative estimate of drug-likeness (QED) is 0.575. The van der Waals surface area contributed by atoms with Gasteiger partial charge < -0.3 is 14.6 Å². The topological polar surface area (TPSA) is 79.6 Å². The second-order valence-corrected chi connectivity index (χ2v) is 7.61. The molecule has 1 atom stereocenters. The highest BCUT2D eigenvalue weighted by atomic mass is 19.1. The third-order valence-electron chi connectivity index (χ3n) is 5.61. The second kappa shape index (κ2) is 8.71. The molecule has 0 aliphatic carbocycles. The van der Waals surface area contributed by atoms with E-state index in [0.717, 1.165) is 11.6 Å². The lowest BCUT2D eigenvalue weighted by Crippen LogP contribution is -2.31. The molecule has 1 amide bonds. The summed E-state index contributed by atoms with van der Waals surface area (Å²) < 4.78 is 19.9. The number of fused-ring (bicyclic) bond motifs is 1. The van der Waals surface area contributed by atoms with E-state index in [2.05, 4.69) is 5.32 Å². The second-order valence-electron chi connectivity index (χ2n) is 7.61. The maximum atomic E-state index is 14.4. The minimum absolute atomic E-state index is 0.00421. The number of amides is 1. The maximum Gasteiger partial charge on any atom is 0.348 e. The monoisotopic (exact) mass is 422 g/mol. The van der Waals surface area contributed by atoms with Gasteiger partial charge in [-0.1, -0.05) is 49.4 Å². The first kappa shape index (κ1) is 20.8. The summed E-state index contributed by atoms with van der Waals surface area (Å²) in [6, 6.07) is 13.5. The van der Waals surface area contributed by atoms with E-state index in [9.17, 15) is 18.8 Å². The predicted octanol–water partition coefficient (Wildman–Crippen LogP) is 4.30. The predicted molar refractivity (Wildman–Crippen MR) is 116 cm³/mol. The molecule has 0 bridgehead atoms. The van der Waals surface area contributed by atoms with Crippen molar-refractivity contribution >= 4 is 28.3 Å². The van der Waals surface area contributed by atoms with Gasteiger partial charge >= 0.3 is 5.63 Å². The highest BCUT2D eigenvalue weighted by Gasteiger charge is 2.28. The number of benzene rings is 2. The minimum atomic E-state index is -0.854. The van der Waals surface area contributed by atoms with E-state index in [-0.39, 0.29) is 40.7 Å². The van der Waals surface area contributed by atoms with E-state index >= 15 is 0 Å². The zero-order valence-corrected chi connectivity index (χ0v) is 17.2. The van der Waals surface area contributed by atoms with Crippen LogP contribution in [0.1, 0.15) is 48.1 Å². The van der Waals surface area contributed by atoms with Gasteiger partial charge in [-0.3, -0.25) is 9.59 Å². The fraction of sp³-hybridized carbons (Fsp3) is 0.292. The van der Waals surface area contributed by atoms with Gasteiger partial charge in [0.25, 0.3) is 0 Å². The van der Waals surface area contributed by atoms with Crippen molar-refractivity contribution in [2.24, 2.45) is 0 Å². The van der Waals surface area contributed by atoms with Gasteiger partial charge in [0.15, 0.2) is 5.78 Å². The number of Topliss-reactive ketones (excluding diaryl/α,β-unsaturated/α-hetero) is 1. The van der Waals surface area contributed by atoms with Crippen LogP contribution in [0.15, 0.2) is 57.7 Å². The molecule has 1 N–H and O–H groups in total. The van der Waals surface area contributed by atoms with E-state index in [1.165, 1.54) is 17.0 Å². The van der Waals surface area contributed by atoms with E-state index in [1.807, 2.05) is 37.3 Å². The number of carbonyl (C=O) groups is 2. The van der Waals surface area contributed by atoms with Gasteiger partial charge in [0.1, 0.15) is 11.2 Å². The van der Waals surface area contributed by atoms with Crippen LogP contribution in [0.2, 0.25) is 0 Å². The van der Waals surface area contributed by atoms with E-state index < -0.39 is 17.2 Å². The SMILES string of the molecule is CC[C@H](Nc1oc(=O)c2c(F)cccc2c1C(=O)CN1CCCC1=O)c1ccccc1. The number of hydrogen-bond donors (Lipinski definition) is 1. The van der Waals surface area contributed by atoms with Gasteiger partial charge in [0.2, 0.25) is 11.8 Å². The molecule has 7 heteroatoms. The number of rotatable bonds is 7. The molecule has 1 aromatic heterocycles. The molecule has 31 heavy (non-hydrogen) atoms. The Balaban J connectivity index is 1.82. The van der Waals surface area contributed by atoms with E-state index in [0.29, 0.717) is 25.8 Å². The van der Waals surface area contributed by atoms with Crippen molar-refractivity contribution < 1.29 is 18.4 Å². The number of ketones is 1. The summed E-state index contributed by atoms with van der Waals surface area (Å²) >= 11 is 0. The first-order valence-electron chi connectivity index (χ1n) is 10.4. The Morgan fingerprint density at radius 2 is 1.94 bits per heavy atom. The van der Waals surface area contributed by atoms with Crippen LogP contribution in [0.3, 0.4) is 0 Å². The molecule has 0 radical (unpaired) electrons. The average molecular weight is 422 g/mol. The maximum absolute atomic E-state index is 14.4. The van der Waals surface area contributed by atoms with Crippen molar-refractivity contribution in [2.45, 2.75) is 32.2 Å². The van der Waals surface area contributed by atoms with Crippen LogP contribution in [-0.2, 0) is 4.79 Å². The lowest BCUT2D eigenvalue weighted by molar-refractivity contribution is -0.127. The van der Waals surface area contributed by atoms with E-state index in [1.54, 1.807) is 0 Å². The smallest absolute Gasteiger partial charge is 0.348 e. The van der Waals surface area contributed by atoms with Crippen molar-refractivity contribution in [3.8, 4) is 0 Å². The molecular weight excluding hydrogens is 399 g/mol. The van der Waals surface area contributed by atoms with Crippen LogP contribution in [-0.4, -0.2) is 29.7 Å². The van der Waals surface area contributed by atoms with Crippen molar-refractivity contribution in [1.29, 1.82) is 0 Å². The molecule has 6 nitrogen and oxygen atoms in total. The Morgan fingerprint density at radius 1 is 1.16 bits per heavy atom. The van der Waals surface area contributed by atoms with Crippen molar-refractivity contribution in [1.82, 2.24) is 4.90 Å². The van der Waals surface area contributed by atoms with Crippen molar-refractivity contribution in [3.05, 3.63) is 75.9 Å². The molecule has 1 saturated heterocycles. The standard InChI is InChI=1S/C24H23FN2O4/c1-2-18(15-8-4-3-5-9-15)26-23-22(19(28)14-27-13-7-12-20(27)29)16-10-6-11-17(25)21(16)24(30)31-23/h3-6,8-11,18,26H,2,7,12-14H2,1H3/t18-/m0/s1. The Morgan fingerprint density at radius 3 is 2.61 bits per heavy atom. The van der Waals surface area contributed by atoms with Crippen LogP contribution in [0.5, 0.6) is 0 Å². The van der Waals surface area contributed by atoms with Crippen LogP contribution in [0.4, 0.5) is 10.3 Å². The zero-order valence-electron chi connectivity index (χ0n) is 17.2. The van der Waals surface area contributed by atoms with Gasteiger partial charge in [0.05, 0.1) is 18.2 Å². The molecule has 2 heterocycles. The Hall–Kier alpha value is -3.48. The molecule has 4 rings (SSSR count). The number of nitrogens with one attached hydrogen (secondary N) is 1. The highest BCUT2D eigenvalue weighted by Crippen LogP contribution is 2.30. The Bertz CT molecular complexity index is 1190. The first-order valence-corrected chi connectivity index (χ1v) is 10.4. The fourth-order valence-corrected chi connectivity index (χ4v) is 4.02. The van der Waals surface area contributed by atoms with Gasteiger partial charge in [-0.05, 0) is 24.5 Å². The molecule has 1 fully saturated rings. The Kier molecular flexibility index (Phi) is 5.84. The molecule has 3 aromatic rings. The largest absolute Gasteiger partial charge is 0.405 e. The van der Waals surface area contributed by atoms with E-state index in [4.69, 9.17) is 4.42 Å². The lowest BCUT2D eigenvalue weighted by atomic mass is 10.0. The number of likely N-dealkylation sites (tertiary alicyclic amines) is 1. The summed E-state index contributed by atoms with van der Waals surface area (Å²) in [4.78, 5) is 39.4. The van der Waals surface area contributed by atoms with Crippen LogP contribution >= 0.6 is 0 Å². The van der Waals surface area contributed by atoms with Crippen LogP contribution < -0.4 is 10.9 Å². The number of halogens is 1. The molecule has 0 spiro atoms. The normalized spacial score (nSPS) is 14.8. The number of carbonyl (C=O) groups excluding carboxylic acids is 2. The van der Waals surface area contributed by atoms with Crippen molar-refractivity contribution in [2.75, 3.05) is 18.4 Å². The summed E-state index contributed by atoms with van der Waals surface area (Å²) in [7, 11) is 0. The van der Waals surface area contributed by atoms with Gasteiger partial charge in [0, 0.05) is 18.4 Å². The highest BCUT2D eigenvalue weighted by molar-refractivity contribution is 6.12. The van der Waals surface area contributed by atoms with Gasteiger partial charge in [-0.25, -0.2) is 9.18 Å². The van der Waals surface area contributed by atoms with Gasteiger partial charge in [-0.2, -0.15) is 0 Å². The lowest BCUT2D eigenvalue weighted by Gasteiger charge is -2.21. The number of anilines is 1. The summed E-state index contributed by atoms with van der Waals surface area (Å²) in [6.07, 6.45) is 1.76. The first-order chi connectivity index (χ1) is 15.0. The summed E-state index contributed by atoms with van der Waals surface area (Å²) in [5.74, 6) is -1.25. The minimum Gasteiger partial charge on any atom is -0.405 e. The molecular formula is C24H23FN2O4. The number of hydrogen-bond acceptors (Lipinski definition) is 5. The molecule has 2 aromatic carbocycles. The molecule has 160 valence electrons. The number of nitrogens with zero attached hydrogens (tertiary/aromatic N) is 1. The zero-order chi connectivity index (χ0) is 22.0. The molecule has 1 aliphatic rings. The summed E-state index contributed by atoms with van der Waals surface area (Å²) in [5, 5.41) is 3.08. The van der Waals surface area contributed by atoms with Crippen molar-refractivity contribution in [3.63, 3.8) is 0 Å². The average Bonchev–Trinajstić information content (AvgIpc) is 3.16. The van der Waals surface area contributed by atoms with Gasteiger partial charge in [-0.15, -0.1) is 0 Å². The summed E-state index contributed by atoms with van der Waals surface area (Å²) in [5.41, 5.74) is 0.190. The molecule has 1 aliphatic heterocycles. The summed E-state index contributed by atoms with van der Waals surface area (Å²) in [6.45, 7) is 2.32. The molecule has 0 unspecified atom stereocenters. The third-order valence-corrected chi connectivity index (χ3v) is 5.61. The van der Waals surface area contributed by atoms with Crippen LogP contribution in [0.25, 0.3) is 10.8 Å². The fourth-order valence-electron chi connectivity index (χ4n) is 4.02.